The standard InChI is InChI=1S/C22H31N3O3/c1-22(2,3)28-21(27)25-19(20(24)26)14-16-12-11-15(8-6-7-13-23)17-9-4-5-10-18(16)17/h4-5,9-12,19H,6-8,13-14,23H2,1-3H3,(H2,24,26)(H,25,27)/t19-/m0/s1. The molecule has 0 radical (unpaired) electrons. The minimum atomic E-state index is -0.846. The van der Waals surface area contributed by atoms with Gasteiger partial charge in [0, 0.05) is 6.42 Å². The number of nitrogens with two attached hydrogens (primary N) is 2. The smallest absolute Gasteiger partial charge is 0.408 e. The summed E-state index contributed by atoms with van der Waals surface area (Å²) in [7, 11) is 0. The molecular formula is C22H31N3O3. The molecule has 0 aromatic heterocycles. The SMILES string of the molecule is CC(C)(C)OC(=O)N[C@@H](Cc1ccc(CCCCN)c2ccccc12)C(N)=O. The van der Waals surface area contributed by atoms with Gasteiger partial charge in [-0.05, 0) is 68.5 Å². The maximum atomic E-state index is 12.1. The second-order valence-electron chi connectivity index (χ2n) is 7.98. The third-order valence-electron chi connectivity index (χ3n) is 4.46. The van der Waals surface area contributed by atoms with Gasteiger partial charge < -0.3 is 21.5 Å². The second-order valence-corrected chi connectivity index (χ2v) is 7.98. The minimum Gasteiger partial charge on any atom is -0.444 e. The molecule has 0 fully saturated rings. The Morgan fingerprint density at radius 3 is 2.21 bits per heavy atom. The summed E-state index contributed by atoms with van der Waals surface area (Å²) in [5.74, 6) is -0.595. The summed E-state index contributed by atoms with van der Waals surface area (Å²) in [6.45, 7) is 5.99. The van der Waals surface area contributed by atoms with Crippen LogP contribution in [0, 0.1) is 0 Å². The van der Waals surface area contributed by atoms with E-state index in [1.54, 1.807) is 20.8 Å². The van der Waals surface area contributed by atoms with Crippen molar-refractivity contribution in [2.45, 2.75) is 58.1 Å². The first-order valence-electron chi connectivity index (χ1n) is 9.69. The molecule has 0 saturated heterocycles. The molecule has 5 N–H and O–H groups in total. The van der Waals surface area contributed by atoms with Gasteiger partial charge in [-0.25, -0.2) is 4.79 Å². The second kappa shape index (κ2) is 9.55. The van der Waals surface area contributed by atoms with Gasteiger partial charge in [-0.2, -0.15) is 0 Å². The van der Waals surface area contributed by atoms with Gasteiger partial charge in [0.25, 0.3) is 0 Å². The van der Waals surface area contributed by atoms with Crippen molar-refractivity contribution in [3.05, 3.63) is 47.5 Å². The van der Waals surface area contributed by atoms with E-state index >= 15 is 0 Å². The van der Waals surface area contributed by atoms with E-state index in [4.69, 9.17) is 16.2 Å². The maximum absolute atomic E-state index is 12.1. The number of primary amides is 1. The van der Waals surface area contributed by atoms with Crippen LogP contribution in [0.1, 0.15) is 44.7 Å². The first-order valence-corrected chi connectivity index (χ1v) is 9.69. The minimum absolute atomic E-state index is 0.304. The average molecular weight is 386 g/mol. The monoisotopic (exact) mass is 385 g/mol. The lowest BCUT2D eigenvalue weighted by molar-refractivity contribution is -0.120. The molecule has 0 heterocycles. The zero-order valence-corrected chi connectivity index (χ0v) is 17.0. The molecule has 0 bridgehead atoms. The predicted octanol–water partition coefficient (Wildman–Crippen LogP) is 3.04. The molecule has 2 aromatic carbocycles. The van der Waals surface area contributed by atoms with Gasteiger partial charge in [-0.3, -0.25) is 4.79 Å². The van der Waals surface area contributed by atoms with Crippen molar-refractivity contribution in [1.82, 2.24) is 5.32 Å². The fraction of sp³-hybridized carbons (Fsp3) is 0.455. The molecule has 28 heavy (non-hydrogen) atoms. The lowest BCUT2D eigenvalue weighted by atomic mass is 9.93. The molecule has 152 valence electrons. The molecule has 1 atom stereocenters. The van der Waals surface area contributed by atoms with Crippen molar-refractivity contribution >= 4 is 22.8 Å². The molecule has 6 nitrogen and oxygen atoms in total. The van der Waals surface area contributed by atoms with Crippen molar-refractivity contribution in [3.63, 3.8) is 0 Å². The lowest BCUT2D eigenvalue weighted by Gasteiger charge is -2.23. The van der Waals surface area contributed by atoms with Crippen LogP contribution in [0.3, 0.4) is 0 Å². The van der Waals surface area contributed by atoms with Crippen LogP contribution in [-0.4, -0.2) is 30.2 Å². The molecule has 6 heteroatoms. The number of alkyl carbamates (subject to hydrolysis) is 1. The number of ether oxygens (including phenoxy) is 1. The van der Waals surface area contributed by atoms with E-state index in [0.29, 0.717) is 13.0 Å². The van der Waals surface area contributed by atoms with E-state index < -0.39 is 23.6 Å². The lowest BCUT2D eigenvalue weighted by Crippen LogP contribution is -2.47. The number of aryl methyl sites for hydroxylation is 1. The Morgan fingerprint density at radius 1 is 1.04 bits per heavy atom. The highest BCUT2D eigenvalue weighted by atomic mass is 16.6. The largest absolute Gasteiger partial charge is 0.444 e. The molecule has 0 aliphatic carbocycles. The highest BCUT2D eigenvalue weighted by Gasteiger charge is 2.23. The molecule has 0 aliphatic rings. The van der Waals surface area contributed by atoms with E-state index in [2.05, 4.69) is 17.4 Å². The summed E-state index contributed by atoms with van der Waals surface area (Å²) < 4.78 is 5.25. The number of hydrogen-bond acceptors (Lipinski definition) is 4. The molecule has 0 aliphatic heterocycles. The van der Waals surface area contributed by atoms with Crippen molar-refractivity contribution in [3.8, 4) is 0 Å². The van der Waals surface area contributed by atoms with Crippen LogP contribution < -0.4 is 16.8 Å². The Kier molecular flexibility index (Phi) is 7.40. The molecular weight excluding hydrogens is 354 g/mol. The van der Waals surface area contributed by atoms with E-state index in [0.717, 1.165) is 35.6 Å². The third kappa shape index (κ3) is 6.23. The van der Waals surface area contributed by atoms with Crippen molar-refractivity contribution < 1.29 is 14.3 Å². The molecule has 0 spiro atoms. The Bertz CT molecular complexity index is 827. The highest BCUT2D eigenvalue weighted by molar-refractivity contribution is 5.90. The van der Waals surface area contributed by atoms with Crippen LogP contribution in [0.5, 0.6) is 0 Å². The van der Waals surface area contributed by atoms with Gasteiger partial charge in [-0.15, -0.1) is 0 Å². The quantitative estimate of drug-likeness (QED) is 0.607. The number of amides is 2. The van der Waals surface area contributed by atoms with Crippen LogP contribution in [0.25, 0.3) is 10.8 Å². The van der Waals surface area contributed by atoms with E-state index in [1.807, 2.05) is 24.3 Å². The summed E-state index contributed by atoms with van der Waals surface area (Å²) >= 11 is 0. The van der Waals surface area contributed by atoms with Crippen LogP contribution in [0.4, 0.5) is 4.79 Å². The van der Waals surface area contributed by atoms with Gasteiger partial charge >= 0.3 is 6.09 Å². The number of carbonyl (C=O) groups excluding carboxylic acids is 2. The number of benzene rings is 2. The molecule has 0 saturated carbocycles. The Morgan fingerprint density at radius 2 is 1.64 bits per heavy atom. The van der Waals surface area contributed by atoms with Crippen LogP contribution in [0.2, 0.25) is 0 Å². The summed E-state index contributed by atoms with van der Waals surface area (Å²) in [4.78, 5) is 24.0. The number of nitrogens with one attached hydrogen (secondary N) is 1. The van der Waals surface area contributed by atoms with Crippen molar-refractivity contribution in [1.29, 1.82) is 0 Å². The molecule has 0 unspecified atom stereocenters. The van der Waals surface area contributed by atoms with Crippen molar-refractivity contribution in [2.75, 3.05) is 6.54 Å². The van der Waals surface area contributed by atoms with E-state index in [9.17, 15) is 9.59 Å². The van der Waals surface area contributed by atoms with Crippen LogP contribution >= 0.6 is 0 Å². The highest BCUT2D eigenvalue weighted by Crippen LogP contribution is 2.25. The van der Waals surface area contributed by atoms with Crippen molar-refractivity contribution in [2.24, 2.45) is 11.5 Å². The number of hydrogen-bond donors (Lipinski definition) is 3. The zero-order valence-electron chi connectivity index (χ0n) is 17.0. The Balaban J connectivity index is 2.24. The van der Waals surface area contributed by atoms with E-state index in [-0.39, 0.29) is 0 Å². The topological polar surface area (TPSA) is 107 Å². The number of rotatable bonds is 8. The molecule has 2 aromatic rings. The number of unbranched alkanes of at least 4 members (excludes halogenated alkanes) is 1. The first-order chi connectivity index (χ1) is 13.2. The average Bonchev–Trinajstić information content (AvgIpc) is 2.61. The zero-order chi connectivity index (χ0) is 20.7. The van der Waals surface area contributed by atoms with Crippen LogP contribution in [0.15, 0.2) is 36.4 Å². The van der Waals surface area contributed by atoms with Gasteiger partial charge in [0.15, 0.2) is 0 Å². The van der Waals surface area contributed by atoms with Gasteiger partial charge in [-0.1, -0.05) is 36.4 Å². The normalized spacial score (nSPS) is 12.6. The summed E-state index contributed by atoms with van der Waals surface area (Å²) in [6.07, 6.45) is 2.62. The fourth-order valence-electron chi connectivity index (χ4n) is 3.17. The Hall–Kier alpha value is -2.60. The third-order valence-corrected chi connectivity index (χ3v) is 4.46. The van der Waals surface area contributed by atoms with Gasteiger partial charge in [0.1, 0.15) is 11.6 Å². The molecule has 2 amide bonds. The maximum Gasteiger partial charge on any atom is 0.408 e. The molecule has 2 rings (SSSR count). The van der Waals surface area contributed by atoms with Gasteiger partial charge in [0.2, 0.25) is 5.91 Å². The van der Waals surface area contributed by atoms with Crippen LogP contribution in [-0.2, 0) is 22.4 Å². The first kappa shape index (κ1) is 21.7. The Labute approximate surface area is 166 Å². The number of fused-ring (bicyclic) bond motifs is 1. The predicted molar refractivity (Wildman–Crippen MR) is 112 cm³/mol. The van der Waals surface area contributed by atoms with Gasteiger partial charge in [0.05, 0.1) is 0 Å². The summed E-state index contributed by atoms with van der Waals surface area (Å²) in [5, 5.41) is 4.80. The number of carbonyl (C=O) groups is 2. The van der Waals surface area contributed by atoms with E-state index in [1.165, 1.54) is 5.56 Å². The summed E-state index contributed by atoms with van der Waals surface area (Å²) in [6, 6.07) is 11.3. The fourth-order valence-corrected chi connectivity index (χ4v) is 3.17. The summed E-state index contributed by atoms with van der Waals surface area (Å²) in [5.41, 5.74) is 12.7.